The Hall–Kier alpha value is -0.930. The van der Waals surface area contributed by atoms with Crippen LogP contribution in [0.1, 0.15) is 11.7 Å². The second-order valence-electron chi connectivity index (χ2n) is 3.43. The predicted molar refractivity (Wildman–Crippen MR) is 58.3 cm³/mol. The van der Waals surface area contributed by atoms with E-state index in [1.165, 1.54) is 4.90 Å². The maximum atomic E-state index is 11.2. The summed E-state index contributed by atoms with van der Waals surface area (Å²) < 4.78 is 5.14. The Morgan fingerprint density at radius 3 is 2.67 bits per heavy atom. The lowest BCUT2D eigenvalue weighted by Crippen LogP contribution is -2.17. The summed E-state index contributed by atoms with van der Waals surface area (Å²) in [4.78, 5) is 12.7. The summed E-state index contributed by atoms with van der Waals surface area (Å²) in [5.41, 5.74) is 0.863. The molecule has 15 heavy (non-hydrogen) atoms. The van der Waals surface area contributed by atoms with Crippen LogP contribution in [0.5, 0.6) is 0 Å². The Morgan fingerprint density at radius 2 is 2.13 bits per heavy atom. The third-order valence-electron chi connectivity index (χ3n) is 2.31. The van der Waals surface area contributed by atoms with E-state index in [0.29, 0.717) is 16.6 Å². The molecule has 0 bridgehead atoms. The molecule has 1 fully saturated rings. The molecule has 0 aliphatic carbocycles. The van der Waals surface area contributed by atoms with Crippen molar-refractivity contribution in [2.45, 2.75) is 6.10 Å². The summed E-state index contributed by atoms with van der Waals surface area (Å²) >= 11 is 11.7. The van der Waals surface area contributed by atoms with Crippen molar-refractivity contribution in [2.75, 3.05) is 13.6 Å². The number of carbonyl (C=O) groups excluding carboxylic acids is 1. The zero-order valence-corrected chi connectivity index (χ0v) is 9.55. The summed E-state index contributed by atoms with van der Waals surface area (Å²) in [5, 5.41) is 0.970. The van der Waals surface area contributed by atoms with Gasteiger partial charge in [0, 0.05) is 7.05 Å². The normalized spacial score (nSPS) is 20.6. The standard InChI is InChI=1S/C10H9Cl2NO2/c1-13-5-9(15-10(13)14)6-2-3-7(11)8(12)4-6/h2-4,9H,5H2,1H3. The number of hydrogen-bond acceptors (Lipinski definition) is 2. The first-order chi connectivity index (χ1) is 7.08. The molecule has 0 N–H and O–H groups in total. The van der Waals surface area contributed by atoms with Crippen LogP contribution in [0.15, 0.2) is 18.2 Å². The Bertz CT molecular complexity index is 408. The van der Waals surface area contributed by atoms with Crippen LogP contribution in [0, 0.1) is 0 Å². The summed E-state index contributed by atoms with van der Waals surface area (Å²) in [6.45, 7) is 0.538. The number of hydrogen-bond donors (Lipinski definition) is 0. The Labute approximate surface area is 97.5 Å². The summed E-state index contributed by atoms with van der Waals surface area (Å²) in [6.07, 6.45) is -0.566. The van der Waals surface area contributed by atoms with Crippen molar-refractivity contribution in [3.63, 3.8) is 0 Å². The zero-order valence-electron chi connectivity index (χ0n) is 8.04. The quantitative estimate of drug-likeness (QED) is 0.761. The van der Waals surface area contributed by atoms with Gasteiger partial charge in [0.05, 0.1) is 16.6 Å². The number of amides is 1. The lowest BCUT2D eigenvalue weighted by atomic mass is 10.1. The van der Waals surface area contributed by atoms with Crippen LogP contribution in [-0.2, 0) is 4.74 Å². The highest BCUT2D eigenvalue weighted by molar-refractivity contribution is 6.42. The molecule has 1 atom stereocenters. The third kappa shape index (κ3) is 2.03. The molecular formula is C10H9Cl2NO2. The summed E-state index contributed by atoms with van der Waals surface area (Å²) in [6, 6.07) is 5.23. The van der Waals surface area contributed by atoms with E-state index in [1.807, 2.05) is 6.07 Å². The van der Waals surface area contributed by atoms with Crippen molar-refractivity contribution in [3.05, 3.63) is 33.8 Å². The number of benzene rings is 1. The molecule has 0 aromatic heterocycles. The Morgan fingerprint density at radius 1 is 1.40 bits per heavy atom. The number of carbonyl (C=O) groups is 1. The highest BCUT2D eigenvalue weighted by Gasteiger charge is 2.29. The van der Waals surface area contributed by atoms with E-state index in [9.17, 15) is 4.79 Å². The van der Waals surface area contributed by atoms with Crippen LogP contribution in [0.25, 0.3) is 0 Å². The first kappa shape index (κ1) is 10.6. The molecule has 2 rings (SSSR count). The van der Waals surface area contributed by atoms with E-state index in [4.69, 9.17) is 27.9 Å². The Balaban J connectivity index is 2.24. The fourth-order valence-electron chi connectivity index (χ4n) is 1.46. The first-order valence-corrected chi connectivity index (χ1v) is 5.20. The minimum absolute atomic E-state index is 0.253. The molecule has 1 aliphatic heterocycles. The molecule has 0 spiro atoms. The van der Waals surface area contributed by atoms with Crippen molar-refractivity contribution in [1.29, 1.82) is 0 Å². The van der Waals surface area contributed by atoms with Crippen molar-refractivity contribution >= 4 is 29.3 Å². The van der Waals surface area contributed by atoms with Crippen LogP contribution in [0.3, 0.4) is 0 Å². The van der Waals surface area contributed by atoms with Gasteiger partial charge in [0.15, 0.2) is 0 Å². The molecule has 80 valence electrons. The maximum absolute atomic E-state index is 11.2. The van der Waals surface area contributed by atoms with Crippen LogP contribution in [0.2, 0.25) is 10.0 Å². The van der Waals surface area contributed by atoms with Gasteiger partial charge in [-0.3, -0.25) is 0 Å². The van der Waals surface area contributed by atoms with Gasteiger partial charge in [0.2, 0.25) is 0 Å². The van der Waals surface area contributed by atoms with E-state index < -0.39 is 0 Å². The molecule has 0 saturated carbocycles. The largest absolute Gasteiger partial charge is 0.439 e. The highest BCUT2D eigenvalue weighted by atomic mass is 35.5. The van der Waals surface area contributed by atoms with Gasteiger partial charge in [-0.25, -0.2) is 4.79 Å². The monoisotopic (exact) mass is 245 g/mol. The number of rotatable bonds is 1. The number of likely N-dealkylation sites (N-methyl/N-ethyl adjacent to an activating group) is 1. The second-order valence-corrected chi connectivity index (χ2v) is 4.24. The van der Waals surface area contributed by atoms with Crippen LogP contribution in [-0.4, -0.2) is 24.6 Å². The van der Waals surface area contributed by atoms with E-state index in [2.05, 4.69) is 0 Å². The molecule has 5 heteroatoms. The SMILES string of the molecule is CN1CC(c2ccc(Cl)c(Cl)c2)OC1=O. The Kier molecular flexibility index (Phi) is 2.76. The molecule has 0 radical (unpaired) electrons. The van der Waals surface area contributed by atoms with Gasteiger partial charge in [0.25, 0.3) is 0 Å². The highest BCUT2D eigenvalue weighted by Crippen LogP contribution is 2.30. The van der Waals surface area contributed by atoms with Crippen LogP contribution in [0.4, 0.5) is 4.79 Å². The predicted octanol–water partition coefficient (Wildman–Crippen LogP) is 3.12. The molecule has 1 aromatic carbocycles. The van der Waals surface area contributed by atoms with Gasteiger partial charge in [-0.2, -0.15) is 0 Å². The fraction of sp³-hybridized carbons (Fsp3) is 0.300. The molecule has 3 nitrogen and oxygen atoms in total. The molecule has 1 saturated heterocycles. The molecule has 1 unspecified atom stereocenters. The average molecular weight is 246 g/mol. The van der Waals surface area contributed by atoms with Crippen molar-refractivity contribution in [3.8, 4) is 0 Å². The van der Waals surface area contributed by atoms with Crippen molar-refractivity contribution in [2.24, 2.45) is 0 Å². The minimum Gasteiger partial charge on any atom is -0.439 e. The number of nitrogens with zero attached hydrogens (tertiary/aromatic N) is 1. The maximum Gasteiger partial charge on any atom is 0.410 e. The summed E-state index contributed by atoms with van der Waals surface area (Å²) in [7, 11) is 1.69. The number of ether oxygens (including phenoxy) is 1. The average Bonchev–Trinajstić information content (AvgIpc) is 2.52. The minimum atomic E-state index is -0.314. The van der Waals surface area contributed by atoms with Gasteiger partial charge < -0.3 is 9.64 Å². The van der Waals surface area contributed by atoms with Gasteiger partial charge >= 0.3 is 6.09 Å². The summed E-state index contributed by atoms with van der Waals surface area (Å²) in [5.74, 6) is 0. The molecular weight excluding hydrogens is 237 g/mol. The van der Waals surface area contributed by atoms with Gasteiger partial charge in [-0.05, 0) is 17.7 Å². The molecule has 1 heterocycles. The number of cyclic esters (lactones) is 1. The third-order valence-corrected chi connectivity index (χ3v) is 3.05. The zero-order chi connectivity index (χ0) is 11.0. The lowest BCUT2D eigenvalue weighted by Gasteiger charge is -2.08. The van der Waals surface area contributed by atoms with Crippen LogP contribution >= 0.6 is 23.2 Å². The van der Waals surface area contributed by atoms with E-state index in [1.54, 1.807) is 19.2 Å². The molecule has 1 amide bonds. The smallest absolute Gasteiger partial charge is 0.410 e. The van der Waals surface area contributed by atoms with Crippen molar-refractivity contribution in [1.82, 2.24) is 4.90 Å². The topological polar surface area (TPSA) is 29.5 Å². The van der Waals surface area contributed by atoms with Gasteiger partial charge in [-0.15, -0.1) is 0 Å². The molecule has 1 aromatic rings. The van der Waals surface area contributed by atoms with Crippen molar-refractivity contribution < 1.29 is 9.53 Å². The van der Waals surface area contributed by atoms with E-state index in [-0.39, 0.29) is 12.2 Å². The van der Waals surface area contributed by atoms with Gasteiger partial charge in [0.1, 0.15) is 6.10 Å². The second kappa shape index (κ2) is 3.91. The van der Waals surface area contributed by atoms with Gasteiger partial charge in [-0.1, -0.05) is 29.3 Å². The van der Waals surface area contributed by atoms with Crippen LogP contribution < -0.4 is 0 Å². The first-order valence-electron chi connectivity index (χ1n) is 4.44. The fourth-order valence-corrected chi connectivity index (χ4v) is 1.76. The van der Waals surface area contributed by atoms with E-state index in [0.717, 1.165) is 5.56 Å². The molecule has 1 aliphatic rings. The number of halogens is 2. The van der Waals surface area contributed by atoms with E-state index >= 15 is 0 Å². The lowest BCUT2D eigenvalue weighted by molar-refractivity contribution is 0.135.